The molecule has 1 aromatic heterocycles. The molecule has 0 amide bonds. The molecule has 1 heterocycles. The second-order valence-electron chi connectivity index (χ2n) is 5.40. The third-order valence-corrected chi connectivity index (χ3v) is 3.69. The van der Waals surface area contributed by atoms with Gasteiger partial charge in [0.2, 0.25) is 0 Å². The first kappa shape index (κ1) is 13.2. The lowest BCUT2D eigenvalue weighted by Gasteiger charge is -2.27. The van der Waals surface area contributed by atoms with Crippen molar-refractivity contribution < 1.29 is 8.81 Å². The smallest absolute Gasteiger partial charge is 0.130 e. The lowest BCUT2D eigenvalue weighted by molar-refractivity contribution is 0.499. The van der Waals surface area contributed by atoms with E-state index in [9.17, 15) is 4.39 Å². The van der Waals surface area contributed by atoms with Gasteiger partial charge in [0.25, 0.3) is 0 Å². The van der Waals surface area contributed by atoms with Gasteiger partial charge in [0.15, 0.2) is 0 Å². The molecular weight excluding hydrogens is 255 g/mol. The summed E-state index contributed by atoms with van der Waals surface area (Å²) in [7, 11) is 0. The lowest BCUT2D eigenvalue weighted by atomic mass is 10.0. The van der Waals surface area contributed by atoms with E-state index in [0.29, 0.717) is 18.2 Å². The lowest BCUT2D eigenvalue weighted by Crippen LogP contribution is -2.27. The summed E-state index contributed by atoms with van der Waals surface area (Å²) in [6.45, 7) is 2.47. The largest absolute Gasteiger partial charge is 0.467 e. The van der Waals surface area contributed by atoms with Gasteiger partial charge in [0.05, 0.1) is 12.8 Å². The number of nitrogens with zero attached hydrogens (tertiary/aromatic N) is 1. The number of rotatable bonds is 5. The first-order valence-corrected chi connectivity index (χ1v) is 7.00. The highest BCUT2D eigenvalue weighted by Crippen LogP contribution is 2.37. The Morgan fingerprint density at radius 2 is 2.15 bits per heavy atom. The van der Waals surface area contributed by atoms with Crippen LogP contribution in [-0.4, -0.2) is 6.04 Å². The fourth-order valence-electron chi connectivity index (χ4n) is 2.59. The highest BCUT2D eigenvalue weighted by Gasteiger charge is 2.32. The molecule has 1 aliphatic carbocycles. The number of hydrogen-bond acceptors (Lipinski definition) is 3. The van der Waals surface area contributed by atoms with Gasteiger partial charge in [0.1, 0.15) is 11.6 Å². The molecule has 1 aromatic carbocycles. The van der Waals surface area contributed by atoms with Crippen LogP contribution in [0.3, 0.4) is 0 Å². The Kier molecular flexibility index (Phi) is 3.49. The standard InChI is InChI=1S/C16H19FN2O/c1-11(18)16-14(17)5-2-6-15(16)19(12-7-8-12)10-13-4-3-9-20-13/h2-6,9,11-12H,7-8,10,18H2,1H3/t11-/m0/s1. The summed E-state index contributed by atoms with van der Waals surface area (Å²) in [5.74, 6) is 0.652. The van der Waals surface area contributed by atoms with E-state index in [1.54, 1.807) is 12.3 Å². The maximum Gasteiger partial charge on any atom is 0.130 e. The minimum Gasteiger partial charge on any atom is -0.467 e. The molecule has 2 aromatic rings. The molecule has 1 fully saturated rings. The Morgan fingerprint density at radius 1 is 1.35 bits per heavy atom. The number of nitrogens with two attached hydrogens (primary N) is 1. The van der Waals surface area contributed by atoms with Gasteiger partial charge in [-0.05, 0) is 44.0 Å². The van der Waals surface area contributed by atoms with Gasteiger partial charge in [-0.25, -0.2) is 4.39 Å². The van der Waals surface area contributed by atoms with E-state index in [0.717, 1.165) is 24.3 Å². The number of anilines is 1. The average molecular weight is 274 g/mol. The van der Waals surface area contributed by atoms with Crippen molar-refractivity contribution in [3.05, 3.63) is 53.7 Å². The molecule has 0 radical (unpaired) electrons. The third kappa shape index (κ3) is 2.56. The molecule has 1 atom stereocenters. The van der Waals surface area contributed by atoms with Gasteiger partial charge in [0, 0.05) is 23.3 Å². The molecule has 4 heteroatoms. The summed E-state index contributed by atoms with van der Waals surface area (Å²) in [6.07, 6.45) is 3.93. The molecule has 0 spiro atoms. The highest BCUT2D eigenvalue weighted by atomic mass is 19.1. The second kappa shape index (κ2) is 5.29. The fourth-order valence-corrected chi connectivity index (χ4v) is 2.59. The van der Waals surface area contributed by atoms with Gasteiger partial charge in [-0.3, -0.25) is 0 Å². The van der Waals surface area contributed by atoms with Crippen molar-refractivity contribution in [3.63, 3.8) is 0 Å². The monoisotopic (exact) mass is 274 g/mol. The number of furan rings is 1. The Labute approximate surface area is 118 Å². The summed E-state index contributed by atoms with van der Waals surface area (Å²) in [4.78, 5) is 2.21. The first-order valence-electron chi connectivity index (χ1n) is 7.00. The van der Waals surface area contributed by atoms with Gasteiger partial charge >= 0.3 is 0 Å². The fraction of sp³-hybridized carbons (Fsp3) is 0.375. The molecule has 0 bridgehead atoms. The van der Waals surface area contributed by atoms with E-state index in [1.807, 2.05) is 25.1 Å². The zero-order valence-electron chi connectivity index (χ0n) is 11.6. The molecule has 20 heavy (non-hydrogen) atoms. The molecule has 3 rings (SSSR count). The minimum absolute atomic E-state index is 0.234. The van der Waals surface area contributed by atoms with Crippen LogP contribution in [-0.2, 0) is 6.54 Å². The van der Waals surface area contributed by atoms with Gasteiger partial charge in [-0.2, -0.15) is 0 Å². The SMILES string of the molecule is C[C@H](N)c1c(F)cccc1N(Cc1ccco1)C1CC1. The summed E-state index contributed by atoms with van der Waals surface area (Å²) in [5, 5.41) is 0. The number of benzene rings is 1. The van der Waals surface area contributed by atoms with Crippen LogP contribution >= 0.6 is 0 Å². The topological polar surface area (TPSA) is 42.4 Å². The second-order valence-corrected chi connectivity index (χ2v) is 5.40. The van der Waals surface area contributed by atoms with Crippen molar-refractivity contribution in [1.29, 1.82) is 0 Å². The molecule has 0 unspecified atom stereocenters. The molecular formula is C16H19FN2O. The van der Waals surface area contributed by atoms with E-state index >= 15 is 0 Å². The molecule has 3 nitrogen and oxygen atoms in total. The van der Waals surface area contributed by atoms with E-state index < -0.39 is 0 Å². The van der Waals surface area contributed by atoms with Crippen LogP contribution in [0.1, 0.15) is 37.1 Å². The highest BCUT2D eigenvalue weighted by molar-refractivity contribution is 5.57. The zero-order chi connectivity index (χ0) is 14.1. The molecule has 0 aliphatic heterocycles. The van der Waals surface area contributed by atoms with Crippen LogP contribution < -0.4 is 10.6 Å². The number of hydrogen-bond donors (Lipinski definition) is 1. The Hall–Kier alpha value is -1.81. The van der Waals surface area contributed by atoms with Gasteiger partial charge in [-0.1, -0.05) is 6.07 Å². The van der Waals surface area contributed by atoms with Crippen molar-refractivity contribution in [1.82, 2.24) is 0 Å². The van der Waals surface area contributed by atoms with Crippen LogP contribution in [0.15, 0.2) is 41.0 Å². The molecule has 1 saturated carbocycles. The quantitative estimate of drug-likeness (QED) is 0.905. The van der Waals surface area contributed by atoms with Crippen molar-refractivity contribution >= 4 is 5.69 Å². The van der Waals surface area contributed by atoms with Crippen molar-refractivity contribution in [2.45, 2.75) is 38.4 Å². The zero-order valence-corrected chi connectivity index (χ0v) is 11.6. The Balaban J connectivity index is 1.97. The predicted molar refractivity (Wildman–Crippen MR) is 76.9 cm³/mol. The maximum atomic E-state index is 14.1. The maximum absolute atomic E-state index is 14.1. The van der Waals surface area contributed by atoms with Crippen LogP contribution in [0, 0.1) is 5.82 Å². The third-order valence-electron chi connectivity index (χ3n) is 3.69. The van der Waals surface area contributed by atoms with Crippen molar-refractivity contribution in [2.24, 2.45) is 5.73 Å². The van der Waals surface area contributed by atoms with Crippen LogP contribution in [0.25, 0.3) is 0 Å². The Morgan fingerprint density at radius 3 is 2.75 bits per heavy atom. The van der Waals surface area contributed by atoms with Crippen LogP contribution in [0.2, 0.25) is 0 Å². The summed E-state index contributed by atoms with van der Waals surface area (Å²) < 4.78 is 19.5. The molecule has 1 aliphatic rings. The molecule has 2 N–H and O–H groups in total. The summed E-state index contributed by atoms with van der Waals surface area (Å²) >= 11 is 0. The van der Waals surface area contributed by atoms with E-state index in [2.05, 4.69) is 4.90 Å². The molecule has 0 saturated heterocycles. The first-order chi connectivity index (χ1) is 9.66. The van der Waals surface area contributed by atoms with E-state index in [1.165, 1.54) is 6.07 Å². The van der Waals surface area contributed by atoms with Crippen LogP contribution in [0.4, 0.5) is 10.1 Å². The normalized spacial score (nSPS) is 16.1. The van der Waals surface area contributed by atoms with Gasteiger partial charge in [-0.15, -0.1) is 0 Å². The predicted octanol–water partition coefficient (Wildman–Crippen LogP) is 3.61. The van der Waals surface area contributed by atoms with Crippen molar-refractivity contribution in [3.8, 4) is 0 Å². The van der Waals surface area contributed by atoms with E-state index in [-0.39, 0.29) is 11.9 Å². The summed E-state index contributed by atoms with van der Waals surface area (Å²) in [5.41, 5.74) is 7.43. The van der Waals surface area contributed by atoms with Crippen molar-refractivity contribution in [2.75, 3.05) is 4.90 Å². The number of halogens is 1. The average Bonchev–Trinajstić information content (AvgIpc) is 3.12. The van der Waals surface area contributed by atoms with Crippen LogP contribution in [0.5, 0.6) is 0 Å². The van der Waals surface area contributed by atoms with Gasteiger partial charge < -0.3 is 15.1 Å². The summed E-state index contributed by atoms with van der Waals surface area (Å²) in [6, 6.07) is 9.11. The minimum atomic E-state index is -0.330. The Bertz CT molecular complexity index is 576. The molecule has 106 valence electrons. The van der Waals surface area contributed by atoms with E-state index in [4.69, 9.17) is 10.2 Å².